The Hall–Kier alpha value is -1.95. The summed E-state index contributed by atoms with van der Waals surface area (Å²) in [5.74, 6) is 0.887. The molecule has 18 heavy (non-hydrogen) atoms. The molecule has 1 aromatic heterocycles. The van der Waals surface area contributed by atoms with Crippen LogP contribution in [0.1, 0.15) is 35.6 Å². The summed E-state index contributed by atoms with van der Waals surface area (Å²) in [5, 5.41) is 10.5. The number of aromatic nitrogens is 1. The lowest BCUT2D eigenvalue weighted by Crippen LogP contribution is -2.06. The Labute approximate surface area is 106 Å². The molecule has 1 unspecified atom stereocenters. The van der Waals surface area contributed by atoms with Crippen molar-refractivity contribution in [3.63, 3.8) is 0 Å². The Morgan fingerprint density at radius 3 is 3.00 bits per heavy atom. The molecule has 92 valence electrons. The van der Waals surface area contributed by atoms with E-state index in [-0.39, 0.29) is 5.92 Å². The Kier molecular flexibility index (Phi) is 2.52. The van der Waals surface area contributed by atoms with E-state index >= 15 is 0 Å². The Morgan fingerprint density at radius 2 is 2.28 bits per heavy atom. The van der Waals surface area contributed by atoms with Gasteiger partial charge < -0.3 is 9.72 Å². The molecule has 0 radical (unpaired) electrons. The van der Waals surface area contributed by atoms with Crippen LogP contribution in [0.15, 0.2) is 12.1 Å². The van der Waals surface area contributed by atoms with Gasteiger partial charge in [0.25, 0.3) is 0 Å². The van der Waals surface area contributed by atoms with Gasteiger partial charge in [-0.2, -0.15) is 5.26 Å². The predicted octanol–water partition coefficient (Wildman–Crippen LogP) is 3.43. The quantitative estimate of drug-likeness (QED) is 0.830. The van der Waals surface area contributed by atoms with Crippen molar-refractivity contribution < 1.29 is 4.74 Å². The maximum Gasteiger partial charge on any atom is 0.119 e. The van der Waals surface area contributed by atoms with E-state index in [1.165, 1.54) is 16.8 Å². The Morgan fingerprint density at radius 1 is 1.44 bits per heavy atom. The van der Waals surface area contributed by atoms with Gasteiger partial charge in [0.05, 0.1) is 19.1 Å². The predicted molar refractivity (Wildman–Crippen MR) is 70.9 cm³/mol. The van der Waals surface area contributed by atoms with Crippen molar-refractivity contribution in [2.24, 2.45) is 0 Å². The zero-order valence-corrected chi connectivity index (χ0v) is 10.7. The van der Waals surface area contributed by atoms with Gasteiger partial charge in [0.1, 0.15) is 5.75 Å². The van der Waals surface area contributed by atoms with E-state index in [2.05, 4.69) is 18.0 Å². The number of benzene rings is 1. The van der Waals surface area contributed by atoms with E-state index in [1.54, 1.807) is 7.11 Å². The maximum absolute atomic E-state index is 9.32. The lowest BCUT2D eigenvalue weighted by molar-refractivity contribution is 0.415. The molecule has 0 amide bonds. The fourth-order valence-electron chi connectivity index (χ4n) is 2.98. The molecule has 1 aromatic carbocycles. The molecular weight excluding hydrogens is 224 g/mol. The van der Waals surface area contributed by atoms with Crippen LogP contribution < -0.4 is 4.74 Å². The minimum Gasteiger partial charge on any atom is -0.497 e. The highest BCUT2D eigenvalue weighted by Gasteiger charge is 2.25. The summed E-state index contributed by atoms with van der Waals surface area (Å²) in [6.07, 6.45) is 3.10. The number of methoxy groups -OCH3 is 1. The number of H-pyrrole nitrogens is 1. The second-order valence-electron chi connectivity index (χ2n) is 4.96. The molecule has 1 aliphatic rings. The van der Waals surface area contributed by atoms with Crippen molar-refractivity contribution in [1.29, 1.82) is 5.26 Å². The maximum atomic E-state index is 9.32. The molecule has 0 saturated heterocycles. The van der Waals surface area contributed by atoms with E-state index in [9.17, 15) is 5.26 Å². The summed E-state index contributed by atoms with van der Waals surface area (Å²) < 4.78 is 5.34. The summed E-state index contributed by atoms with van der Waals surface area (Å²) in [5.41, 5.74) is 4.76. The van der Waals surface area contributed by atoms with Gasteiger partial charge in [-0.15, -0.1) is 0 Å². The van der Waals surface area contributed by atoms with Gasteiger partial charge in [0, 0.05) is 16.6 Å². The average molecular weight is 240 g/mol. The third kappa shape index (κ3) is 1.49. The highest BCUT2D eigenvalue weighted by atomic mass is 16.5. The highest BCUT2D eigenvalue weighted by Crippen LogP contribution is 2.39. The molecule has 3 heteroatoms. The molecule has 1 heterocycles. The number of hydrogen-bond donors (Lipinski definition) is 1. The fourth-order valence-corrected chi connectivity index (χ4v) is 2.98. The molecule has 2 aromatic rings. The second-order valence-corrected chi connectivity index (χ2v) is 4.96. The zero-order chi connectivity index (χ0) is 12.7. The molecule has 3 rings (SSSR count). The summed E-state index contributed by atoms with van der Waals surface area (Å²) in [6, 6.07) is 6.52. The van der Waals surface area contributed by atoms with Crippen molar-refractivity contribution >= 4 is 10.9 Å². The van der Waals surface area contributed by atoms with Crippen molar-refractivity contribution in [3.05, 3.63) is 29.0 Å². The smallest absolute Gasteiger partial charge is 0.119 e. The second kappa shape index (κ2) is 4.06. The molecule has 1 aliphatic carbocycles. The van der Waals surface area contributed by atoms with E-state index < -0.39 is 0 Å². The van der Waals surface area contributed by atoms with E-state index in [0.717, 1.165) is 35.9 Å². The number of nitrogens with one attached hydrogen (secondary N) is 1. The zero-order valence-electron chi connectivity index (χ0n) is 10.7. The van der Waals surface area contributed by atoms with Crippen molar-refractivity contribution in [3.8, 4) is 11.8 Å². The minimum absolute atomic E-state index is 0.0222. The molecule has 1 atom stereocenters. The number of hydrogen-bond acceptors (Lipinski definition) is 2. The van der Waals surface area contributed by atoms with Gasteiger partial charge in [-0.1, -0.05) is 0 Å². The first kappa shape index (κ1) is 11.2. The van der Waals surface area contributed by atoms with Crippen molar-refractivity contribution in [1.82, 2.24) is 4.98 Å². The lowest BCUT2D eigenvalue weighted by Gasteiger charge is -2.16. The fraction of sp³-hybridized carbons (Fsp3) is 0.400. The number of aromatic amines is 1. The van der Waals surface area contributed by atoms with Gasteiger partial charge in [-0.3, -0.25) is 0 Å². The summed E-state index contributed by atoms with van der Waals surface area (Å²) in [7, 11) is 1.68. The van der Waals surface area contributed by atoms with Crippen LogP contribution >= 0.6 is 0 Å². The van der Waals surface area contributed by atoms with Gasteiger partial charge in [0.2, 0.25) is 0 Å². The van der Waals surface area contributed by atoms with Crippen LogP contribution in [0.4, 0.5) is 0 Å². The topological polar surface area (TPSA) is 48.8 Å². The molecule has 1 N–H and O–H groups in total. The van der Waals surface area contributed by atoms with Crippen LogP contribution in [0.3, 0.4) is 0 Å². The monoisotopic (exact) mass is 240 g/mol. The first-order valence-corrected chi connectivity index (χ1v) is 6.33. The van der Waals surface area contributed by atoms with Crippen LogP contribution in [0.5, 0.6) is 5.75 Å². The number of nitrogens with zero attached hydrogens (tertiary/aromatic N) is 1. The van der Waals surface area contributed by atoms with Crippen LogP contribution in [0.25, 0.3) is 10.9 Å². The molecule has 0 saturated carbocycles. The molecular formula is C15H16N2O. The van der Waals surface area contributed by atoms with E-state index in [0.29, 0.717) is 0 Å². The first-order valence-electron chi connectivity index (χ1n) is 6.33. The molecule has 3 nitrogen and oxygen atoms in total. The van der Waals surface area contributed by atoms with E-state index in [4.69, 9.17) is 4.74 Å². The van der Waals surface area contributed by atoms with Gasteiger partial charge in [0.15, 0.2) is 0 Å². The number of nitriles is 1. The largest absolute Gasteiger partial charge is 0.497 e. The molecule has 0 spiro atoms. The molecule has 0 bridgehead atoms. The van der Waals surface area contributed by atoms with Gasteiger partial charge >= 0.3 is 0 Å². The van der Waals surface area contributed by atoms with Gasteiger partial charge in [-0.25, -0.2) is 0 Å². The third-order valence-electron chi connectivity index (χ3n) is 3.86. The summed E-state index contributed by atoms with van der Waals surface area (Å²) in [4.78, 5) is 3.49. The Bertz CT molecular complexity index is 649. The molecule has 0 fully saturated rings. The highest BCUT2D eigenvalue weighted by molar-refractivity contribution is 5.89. The number of aryl methyl sites for hydroxylation is 2. The van der Waals surface area contributed by atoms with Crippen LogP contribution in [0.2, 0.25) is 0 Å². The third-order valence-corrected chi connectivity index (χ3v) is 3.86. The van der Waals surface area contributed by atoms with Crippen molar-refractivity contribution in [2.75, 3.05) is 7.11 Å². The number of ether oxygens (including phenoxy) is 1. The first-order chi connectivity index (χ1) is 8.74. The SMILES string of the molecule is COc1cc(C)c2[nH]c3c(c2c1)C(C#N)CCC3. The number of fused-ring (bicyclic) bond motifs is 3. The standard InChI is InChI=1S/C15H16N2O/c1-9-6-11(18-2)7-12-14-10(8-16)4-3-5-13(14)17-15(9)12/h6-7,10,17H,3-5H2,1-2H3. The van der Waals surface area contributed by atoms with E-state index in [1.807, 2.05) is 12.1 Å². The summed E-state index contributed by atoms with van der Waals surface area (Å²) in [6.45, 7) is 2.08. The molecule has 0 aliphatic heterocycles. The summed E-state index contributed by atoms with van der Waals surface area (Å²) >= 11 is 0. The minimum atomic E-state index is 0.0222. The Balaban J connectivity index is 2.33. The van der Waals surface area contributed by atoms with Crippen LogP contribution in [0, 0.1) is 18.3 Å². The van der Waals surface area contributed by atoms with Crippen LogP contribution in [-0.4, -0.2) is 12.1 Å². The van der Waals surface area contributed by atoms with Crippen LogP contribution in [-0.2, 0) is 6.42 Å². The normalized spacial score (nSPS) is 18.4. The van der Waals surface area contributed by atoms with Crippen molar-refractivity contribution in [2.45, 2.75) is 32.1 Å². The number of rotatable bonds is 1. The lowest BCUT2D eigenvalue weighted by atomic mass is 9.86. The average Bonchev–Trinajstić information content (AvgIpc) is 2.77. The van der Waals surface area contributed by atoms with Gasteiger partial charge in [-0.05, 0) is 49.4 Å².